The summed E-state index contributed by atoms with van der Waals surface area (Å²) in [5, 5.41) is 0. The Balaban J connectivity index is 0.000000437. The van der Waals surface area contributed by atoms with Crippen molar-refractivity contribution in [1.82, 2.24) is 0 Å². The van der Waals surface area contributed by atoms with Crippen LogP contribution >= 0.6 is 0 Å². The Bertz CT molecular complexity index is 276. The summed E-state index contributed by atoms with van der Waals surface area (Å²) in [6.07, 6.45) is 2.46. The van der Waals surface area contributed by atoms with Crippen LogP contribution in [0.2, 0.25) is 0 Å². The van der Waals surface area contributed by atoms with E-state index < -0.39 is 0 Å². The van der Waals surface area contributed by atoms with E-state index in [2.05, 4.69) is 78.8 Å². The maximum Gasteiger partial charge on any atom is -0.0274 e. The molecule has 0 radical (unpaired) electrons. The van der Waals surface area contributed by atoms with Crippen molar-refractivity contribution < 1.29 is 0 Å². The van der Waals surface area contributed by atoms with Crippen molar-refractivity contribution in [2.24, 2.45) is 10.8 Å². The minimum atomic E-state index is 0.454. The number of hydrogen-bond acceptors (Lipinski definition) is 0. The highest BCUT2D eigenvalue weighted by atomic mass is 14.1. The van der Waals surface area contributed by atoms with Gasteiger partial charge in [0.1, 0.15) is 0 Å². The number of hydrogen-bond donors (Lipinski definition) is 0. The van der Waals surface area contributed by atoms with Gasteiger partial charge in [-0.2, -0.15) is 0 Å². The third-order valence-corrected chi connectivity index (χ3v) is 2.01. The summed E-state index contributed by atoms with van der Waals surface area (Å²) in [4.78, 5) is 0. The molecule has 0 aliphatic carbocycles. The number of benzene rings is 1. The van der Waals surface area contributed by atoms with E-state index in [1.807, 2.05) is 0 Å². The van der Waals surface area contributed by atoms with Gasteiger partial charge in [-0.25, -0.2) is 0 Å². The maximum atomic E-state index is 2.29. The van der Waals surface area contributed by atoms with Crippen molar-refractivity contribution in [3.63, 3.8) is 0 Å². The van der Waals surface area contributed by atoms with Gasteiger partial charge in [-0.1, -0.05) is 78.8 Å². The summed E-state index contributed by atoms with van der Waals surface area (Å²) in [6.45, 7) is 15.6. The zero-order valence-electron chi connectivity index (χ0n) is 12.8. The molecule has 0 heterocycles. The molecule has 1 rings (SSSR count). The Kier molecular flexibility index (Phi) is 6.52. The van der Waals surface area contributed by atoms with Gasteiger partial charge in [0, 0.05) is 0 Å². The van der Waals surface area contributed by atoms with Gasteiger partial charge in [0.25, 0.3) is 0 Å². The first-order valence-electron chi connectivity index (χ1n) is 6.62. The first-order valence-corrected chi connectivity index (χ1v) is 6.62. The molecule has 0 aromatic heterocycles. The molecule has 0 heteroatoms. The number of rotatable bonds is 2. The summed E-state index contributed by atoms with van der Waals surface area (Å²) < 4.78 is 0. The van der Waals surface area contributed by atoms with Crippen molar-refractivity contribution in [1.29, 1.82) is 0 Å². The predicted octanol–water partition coefficient (Wildman–Crippen LogP) is 5.72. The van der Waals surface area contributed by atoms with Crippen LogP contribution in [-0.2, 0) is 6.42 Å². The van der Waals surface area contributed by atoms with E-state index in [0.717, 1.165) is 0 Å². The molecular formula is C17H30. The molecule has 0 bridgehead atoms. The van der Waals surface area contributed by atoms with Crippen molar-refractivity contribution >= 4 is 0 Å². The van der Waals surface area contributed by atoms with E-state index >= 15 is 0 Å². The van der Waals surface area contributed by atoms with Crippen LogP contribution in [0.3, 0.4) is 0 Å². The molecule has 0 spiro atoms. The molecule has 1 aromatic rings. The van der Waals surface area contributed by atoms with E-state index in [4.69, 9.17) is 0 Å². The second-order valence-corrected chi connectivity index (χ2v) is 7.55. The van der Waals surface area contributed by atoms with Crippen LogP contribution in [0.1, 0.15) is 60.5 Å². The second-order valence-electron chi connectivity index (χ2n) is 7.55. The molecule has 98 valence electrons. The smallest absolute Gasteiger partial charge is 0.0274 e. The Morgan fingerprint density at radius 1 is 0.765 bits per heavy atom. The lowest BCUT2D eigenvalue weighted by Gasteiger charge is -2.17. The van der Waals surface area contributed by atoms with Gasteiger partial charge < -0.3 is 0 Å². The summed E-state index contributed by atoms with van der Waals surface area (Å²) in [5.74, 6) is 0. The standard InChI is InChI=1S/C12H18.C5H12/c1-12(2,3)10-9-11-7-5-4-6-8-11;1-5(2,3)4/h4-8H,9-10H2,1-3H3;1-4H3. The molecule has 0 nitrogen and oxygen atoms in total. The number of aryl methyl sites for hydroxylation is 1. The molecule has 0 unspecified atom stereocenters. The van der Waals surface area contributed by atoms with Crippen LogP contribution in [0.15, 0.2) is 30.3 Å². The molecule has 0 saturated carbocycles. The molecule has 0 aliphatic rings. The van der Waals surface area contributed by atoms with Crippen LogP contribution in [0, 0.1) is 10.8 Å². The summed E-state index contributed by atoms with van der Waals surface area (Å²) >= 11 is 0. The van der Waals surface area contributed by atoms with Gasteiger partial charge in [-0.05, 0) is 29.2 Å². The highest BCUT2D eigenvalue weighted by Gasteiger charge is 2.09. The molecule has 1 aromatic carbocycles. The quantitative estimate of drug-likeness (QED) is 0.614. The zero-order chi connectivity index (χ0) is 13.5. The Morgan fingerprint density at radius 3 is 1.53 bits per heavy atom. The van der Waals surface area contributed by atoms with Gasteiger partial charge in [0.05, 0.1) is 0 Å². The van der Waals surface area contributed by atoms with Gasteiger partial charge >= 0.3 is 0 Å². The van der Waals surface area contributed by atoms with E-state index in [1.54, 1.807) is 0 Å². The molecule has 0 amide bonds. The summed E-state index contributed by atoms with van der Waals surface area (Å²) in [6, 6.07) is 10.7. The summed E-state index contributed by atoms with van der Waals surface area (Å²) in [5.41, 5.74) is 2.41. The van der Waals surface area contributed by atoms with Gasteiger partial charge in [-0.15, -0.1) is 0 Å². The lowest BCUT2D eigenvalue weighted by Crippen LogP contribution is -2.06. The highest BCUT2D eigenvalue weighted by molar-refractivity contribution is 5.14. The molecule has 17 heavy (non-hydrogen) atoms. The maximum absolute atomic E-state index is 2.29. The zero-order valence-corrected chi connectivity index (χ0v) is 12.8. The highest BCUT2D eigenvalue weighted by Crippen LogP contribution is 2.21. The molecule has 0 atom stereocenters. The SMILES string of the molecule is CC(C)(C)C.CC(C)(C)CCc1ccccc1. The van der Waals surface area contributed by atoms with E-state index in [9.17, 15) is 0 Å². The third-order valence-electron chi connectivity index (χ3n) is 2.01. The first kappa shape index (κ1) is 16.2. The van der Waals surface area contributed by atoms with Crippen LogP contribution in [0.4, 0.5) is 0 Å². The minimum absolute atomic E-state index is 0.454. The topological polar surface area (TPSA) is 0 Å². The summed E-state index contributed by atoms with van der Waals surface area (Å²) in [7, 11) is 0. The lowest BCUT2D eigenvalue weighted by atomic mass is 9.89. The minimum Gasteiger partial charge on any atom is -0.0622 e. The van der Waals surface area contributed by atoms with Gasteiger partial charge in [0.2, 0.25) is 0 Å². The fourth-order valence-electron chi connectivity index (χ4n) is 1.16. The molecule has 0 saturated heterocycles. The Labute approximate surface area is 108 Å². The van der Waals surface area contributed by atoms with Crippen LogP contribution in [0.5, 0.6) is 0 Å². The largest absolute Gasteiger partial charge is 0.0622 e. The lowest BCUT2D eigenvalue weighted by molar-refractivity contribution is 0.378. The normalized spacial score (nSPS) is 11.7. The average Bonchev–Trinajstić information content (AvgIpc) is 2.13. The second kappa shape index (κ2) is 6.83. The van der Waals surface area contributed by atoms with Crippen molar-refractivity contribution in [2.45, 2.75) is 61.3 Å². The predicted molar refractivity (Wildman–Crippen MR) is 79.3 cm³/mol. The van der Waals surface area contributed by atoms with E-state index in [1.165, 1.54) is 18.4 Å². The molecule has 0 fully saturated rings. The monoisotopic (exact) mass is 234 g/mol. The fourth-order valence-corrected chi connectivity index (χ4v) is 1.16. The first-order chi connectivity index (χ1) is 7.58. The van der Waals surface area contributed by atoms with Crippen molar-refractivity contribution in [2.75, 3.05) is 0 Å². The Hall–Kier alpha value is -0.780. The van der Waals surface area contributed by atoms with Crippen LogP contribution in [0.25, 0.3) is 0 Å². The Morgan fingerprint density at radius 2 is 1.18 bits per heavy atom. The third kappa shape index (κ3) is 15.2. The van der Waals surface area contributed by atoms with E-state index in [0.29, 0.717) is 10.8 Å². The molecular weight excluding hydrogens is 204 g/mol. The average molecular weight is 234 g/mol. The fraction of sp³-hybridized carbons (Fsp3) is 0.647. The van der Waals surface area contributed by atoms with Crippen molar-refractivity contribution in [3.05, 3.63) is 35.9 Å². The van der Waals surface area contributed by atoms with Crippen LogP contribution < -0.4 is 0 Å². The van der Waals surface area contributed by atoms with Crippen molar-refractivity contribution in [3.8, 4) is 0 Å². The molecule has 0 aliphatic heterocycles. The van der Waals surface area contributed by atoms with Crippen LogP contribution in [-0.4, -0.2) is 0 Å². The van der Waals surface area contributed by atoms with Gasteiger partial charge in [-0.3, -0.25) is 0 Å². The van der Waals surface area contributed by atoms with Gasteiger partial charge in [0.15, 0.2) is 0 Å². The molecule has 0 N–H and O–H groups in total. The van der Waals surface area contributed by atoms with E-state index in [-0.39, 0.29) is 0 Å².